The van der Waals surface area contributed by atoms with Crippen molar-refractivity contribution in [3.63, 3.8) is 0 Å². The van der Waals surface area contributed by atoms with E-state index in [1.807, 2.05) is 29.1 Å². The highest BCUT2D eigenvalue weighted by atomic mass is 15.1. The predicted molar refractivity (Wildman–Crippen MR) is 55.1 cm³/mol. The van der Waals surface area contributed by atoms with E-state index in [1.54, 1.807) is 6.20 Å². The molecule has 0 aliphatic rings. The Labute approximate surface area is 79.1 Å². The van der Waals surface area contributed by atoms with Gasteiger partial charge in [-0.15, -0.1) is 6.58 Å². The van der Waals surface area contributed by atoms with E-state index in [4.69, 9.17) is 0 Å². The summed E-state index contributed by atoms with van der Waals surface area (Å²) in [6.07, 6.45) is 10.4. The van der Waals surface area contributed by atoms with Gasteiger partial charge in [0.25, 0.3) is 5.82 Å². The van der Waals surface area contributed by atoms with Gasteiger partial charge in [-0.2, -0.15) is 0 Å². The molecule has 0 unspecified atom stereocenters. The van der Waals surface area contributed by atoms with Gasteiger partial charge in [0.05, 0.1) is 12.6 Å². The first-order valence-electron chi connectivity index (χ1n) is 4.27. The largest absolute Gasteiger partial charge is 0.265 e. The van der Waals surface area contributed by atoms with Gasteiger partial charge >= 0.3 is 0 Å². The average molecular weight is 175 g/mol. The summed E-state index contributed by atoms with van der Waals surface area (Å²) in [5.41, 5.74) is 0. The van der Waals surface area contributed by atoms with Crippen LogP contribution in [0.3, 0.4) is 0 Å². The van der Waals surface area contributed by atoms with Crippen LogP contribution in [-0.2, 0) is 13.0 Å². The van der Waals surface area contributed by atoms with Gasteiger partial charge < -0.3 is 0 Å². The van der Waals surface area contributed by atoms with Crippen molar-refractivity contribution in [1.82, 2.24) is 4.57 Å². The fourth-order valence-electron chi connectivity index (χ4n) is 1.30. The van der Waals surface area contributed by atoms with Gasteiger partial charge in [-0.3, -0.25) is 0 Å². The standard InChI is InChI=1S/C11H15N2/c1-4-7-11-12(6-3)9-10-13(11)8-5-2/h4-6,9-10H,1-3,7-8H2/q+1. The van der Waals surface area contributed by atoms with Crippen molar-refractivity contribution in [3.8, 4) is 0 Å². The fourth-order valence-corrected chi connectivity index (χ4v) is 1.30. The summed E-state index contributed by atoms with van der Waals surface area (Å²) in [6.45, 7) is 12.0. The Balaban J connectivity index is 3.04. The summed E-state index contributed by atoms with van der Waals surface area (Å²) < 4.78 is 4.11. The molecule has 0 fully saturated rings. The van der Waals surface area contributed by atoms with E-state index in [9.17, 15) is 0 Å². The third kappa shape index (κ3) is 1.96. The first-order valence-corrected chi connectivity index (χ1v) is 4.27. The highest BCUT2D eigenvalue weighted by Gasteiger charge is 2.11. The van der Waals surface area contributed by atoms with Gasteiger partial charge in [0.15, 0.2) is 0 Å². The number of allylic oxidation sites excluding steroid dienone is 2. The topological polar surface area (TPSA) is 8.81 Å². The fraction of sp³-hybridized carbons (Fsp3) is 0.182. The minimum absolute atomic E-state index is 0.823. The van der Waals surface area contributed by atoms with Crippen LogP contribution in [0, 0.1) is 0 Å². The zero-order chi connectivity index (χ0) is 9.68. The molecule has 2 heteroatoms. The third-order valence-corrected chi connectivity index (χ3v) is 1.89. The van der Waals surface area contributed by atoms with Crippen LogP contribution in [0.1, 0.15) is 5.82 Å². The van der Waals surface area contributed by atoms with Gasteiger partial charge in [0.1, 0.15) is 18.9 Å². The summed E-state index contributed by atoms with van der Waals surface area (Å²) in [5, 5.41) is 0. The third-order valence-electron chi connectivity index (χ3n) is 1.89. The summed E-state index contributed by atoms with van der Waals surface area (Å²) in [6, 6.07) is 0. The van der Waals surface area contributed by atoms with Crippen LogP contribution >= 0.6 is 0 Å². The predicted octanol–water partition coefficient (Wildman–Crippen LogP) is 1.79. The molecule has 0 aliphatic carbocycles. The van der Waals surface area contributed by atoms with E-state index >= 15 is 0 Å². The van der Waals surface area contributed by atoms with Crippen LogP contribution in [0.2, 0.25) is 0 Å². The summed E-state index contributed by atoms with van der Waals surface area (Å²) in [7, 11) is 0. The van der Waals surface area contributed by atoms with E-state index in [2.05, 4.69) is 24.3 Å². The highest BCUT2D eigenvalue weighted by molar-refractivity contribution is 5.18. The molecule has 13 heavy (non-hydrogen) atoms. The normalized spacial score (nSPS) is 9.54. The second-order valence-electron chi connectivity index (χ2n) is 2.74. The number of aromatic nitrogens is 2. The van der Waals surface area contributed by atoms with E-state index in [0.717, 1.165) is 13.0 Å². The summed E-state index contributed by atoms with van der Waals surface area (Å²) in [5.74, 6) is 1.17. The lowest BCUT2D eigenvalue weighted by molar-refractivity contribution is -0.693. The van der Waals surface area contributed by atoms with Crippen molar-refractivity contribution in [2.75, 3.05) is 0 Å². The Kier molecular flexibility index (Phi) is 3.26. The molecule has 0 N–H and O–H groups in total. The molecule has 68 valence electrons. The number of hydrogen-bond acceptors (Lipinski definition) is 0. The minimum Gasteiger partial charge on any atom is -0.230 e. The molecule has 2 nitrogen and oxygen atoms in total. The maximum absolute atomic E-state index is 3.74. The lowest BCUT2D eigenvalue weighted by atomic mass is 10.4. The Hall–Kier alpha value is -1.57. The molecule has 0 aliphatic heterocycles. The van der Waals surface area contributed by atoms with Crippen LogP contribution in [0.15, 0.2) is 44.3 Å². The molecule has 1 aromatic rings. The second kappa shape index (κ2) is 4.45. The molecule has 1 heterocycles. The molecule has 1 rings (SSSR count). The van der Waals surface area contributed by atoms with Crippen molar-refractivity contribution >= 4 is 6.20 Å². The van der Waals surface area contributed by atoms with Crippen molar-refractivity contribution in [2.24, 2.45) is 0 Å². The van der Waals surface area contributed by atoms with Gasteiger partial charge in [-0.05, 0) is 0 Å². The van der Waals surface area contributed by atoms with Gasteiger partial charge in [0.2, 0.25) is 0 Å². The summed E-state index contributed by atoms with van der Waals surface area (Å²) in [4.78, 5) is 0. The number of imidazole rings is 1. The molecule has 0 saturated carbocycles. The minimum atomic E-state index is 0.823. The molecule has 0 radical (unpaired) electrons. The second-order valence-corrected chi connectivity index (χ2v) is 2.74. The molecule has 0 aromatic carbocycles. The zero-order valence-electron chi connectivity index (χ0n) is 7.82. The smallest absolute Gasteiger partial charge is 0.230 e. The Morgan fingerprint density at radius 2 is 2.08 bits per heavy atom. The van der Waals surface area contributed by atoms with Crippen LogP contribution in [0.4, 0.5) is 0 Å². The SMILES string of the molecule is C=CCc1n(C=C)cc[n+]1CC=C. The van der Waals surface area contributed by atoms with Gasteiger partial charge in [-0.25, -0.2) is 9.13 Å². The van der Waals surface area contributed by atoms with Gasteiger partial charge in [-0.1, -0.05) is 25.3 Å². The van der Waals surface area contributed by atoms with Crippen molar-refractivity contribution < 1.29 is 4.57 Å². The highest BCUT2D eigenvalue weighted by Crippen LogP contribution is 1.97. The molecule has 1 aromatic heterocycles. The molecule has 0 atom stereocenters. The number of nitrogens with zero attached hydrogens (tertiary/aromatic N) is 2. The Morgan fingerprint density at radius 1 is 1.31 bits per heavy atom. The number of hydrogen-bond donors (Lipinski definition) is 0. The number of rotatable bonds is 5. The first-order chi connectivity index (χ1) is 6.33. The van der Waals surface area contributed by atoms with Crippen LogP contribution in [-0.4, -0.2) is 4.57 Å². The van der Waals surface area contributed by atoms with Crippen molar-refractivity contribution in [2.45, 2.75) is 13.0 Å². The Bertz CT molecular complexity index is 321. The molecular formula is C11H15N2+. The average Bonchev–Trinajstić information content (AvgIpc) is 2.50. The Morgan fingerprint density at radius 3 is 2.62 bits per heavy atom. The van der Waals surface area contributed by atoms with E-state index in [0.29, 0.717) is 0 Å². The summed E-state index contributed by atoms with van der Waals surface area (Å²) >= 11 is 0. The van der Waals surface area contributed by atoms with E-state index in [1.165, 1.54) is 5.82 Å². The van der Waals surface area contributed by atoms with Crippen LogP contribution < -0.4 is 4.57 Å². The maximum atomic E-state index is 3.74. The molecular weight excluding hydrogens is 160 g/mol. The van der Waals surface area contributed by atoms with Crippen LogP contribution in [0.5, 0.6) is 0 Å². The first kappa shape index (κ1) is 9.52. The van der Waals surface area contributed by atoms with Gasteiger partial charge in [0, 0.05) is 0 Å². The lowest BCUT2D eigenvalue weighted by Gasteiger charge is -1.96. The zero-order valence-corrected chi connectivity index (χ0v) is 7.82. The molecule has 0 bridgehead atoms. The van der Waals surface area contributed by atoms with Crippen molar-refractivity contribution in [1.29, 1.82) is 0 Å². The monoisotopic (exact) mass is 175 g/mol. The molecule has 0 saturated heterocycles. The lowest BCUT2D eigenvalue weighted by Crippen LogP contribution is -2.35. The van der Waals surface area contributed by atoms with Crippen molar-refractivity contribution in [3.05, 3.63) is 50.1 Å². The van der Waals surface area contributed by atoms with E-state index in [-0.39, 0.29) is 0 Å². The molecule has 0 amide bonds. The quantitative estimate of drug-likeness (QED) is 0.476. The maximum Gasteiger partial charge on any atom is 0.265 e. The van der Waals surface area contributed by atoms with Crippen LogP contribution in [0.25, 0.3) is 6.20 Å². The molecule has 0 spiro atoms. The van der Waals surface area contributed by atoms with E-state index < -0.39 is 0 Å².